The van der Waals surface area contributed by atoms with Gasteiger partial charge in [0.05, 0.1) is 39.6 Å². The number of rotatable bonds is 30. The lowest BCUT2D eigenvalue weighted by Crippen LogP contribution is -2.69. The molecule has 0 aromatic rings. The van der Waals surface area contributed by atoms with Crippen molar-refractivity contribution in [3.8, 4) is 0 Å². The first-order valence-electron chi connectivity index (χ1n) is 30.6. The van der Waals surface area contributed by atoms with E-state index in [9.17, 15) is 91.9 Å². The fraction of sp³-hybridized carbons (Fsp3) is 1.00. The van der Waals surface area contributed by atoms with E-state index in [1.54, 1.807) is 0 Å². The molecule has 0 spiro atoms. The van der Waals surface area contributed by atoms with E-state index in [1.165, 1.54) is 0 Å². The summed E-state index contributed by atoms with van der Waals surface area (Å²) in [5, 5.41) is 198. The summed E-state index contributed by atoms with van der Waals surface area (Å²) < 4.78 is 112. The van der Waals surface area contributed by atoms with Crippen LogP contribution >= 0.6 is 0 Å². The first-order chi connectivity index (χ1) is 43.6. The van der Waals surface area contributed by atoms with E-state index in [-0.39, 0.29) is 78.2 Å². The van der Waals surface area contributed by atoms with Crippen molar-refractivity contribution >= 4 is 0 Å². The average molecular weight is 1320 g/mol. The maximum absolute atomic E-state index is 12.3. The van der Waals surface area contributed by atoms with Gasteiger partial charge in [0, 0.05) is 79.3 Å². The summed E-state index contributed by atoms with van der Waals surface area (Å²) in [5.74, 6) is 0. The van der Waals surface area contributed by atoms with Gasteiger partial charge in [-0.05, 0) is 38.5 Å². The number of hydrogen-bond acceptors (Lipinski definition) is 36. The van der Waals surface area contributed by atoms with Gasteiger partial charge in [0.2, 0.25) is 0 Å². The Labute approximate surface area is 517 Å². The van der Waals surface area contributed by atoms with Crippen LogP contribution in [0, 0.1) is 0 Å². The average Bonchev–Trinajstić information content (AvgIpc) is 0.921. The zero-order valence-corrected chi connectivity index (χ0v) is 49.7. The third-order valence-electron chi connectivity index (χ3n) is 16.2. The summed E-state index contributed by atoms with van der Waals surface area (Å²) >= 11 is 0. The SMILES string of the molecule is OCCCO[C@H]1[C@H]2O[C@H]3[C@H](O)[C@@H](OCCCO)[C@@H](O[C@H]4[C@H](O)[C@@H](OCCCO)[C@@H](O[C@H]5[C@H](O)[C@@H](OCCCO)[C@@H](O[C@H]6[C@H](O)[C@@H](OCCCO)[C@@H](O[C@H]7[C@H](O)[C@@H](OCCCO)[C@@H](O[C@@H]([C@@H]1O)[C@@H](CO)O2)O[C@@H]7CO)O[C@@H]6CO)O[C@@H]5CO)O[C@@H]4CO)O[C@@H]3CO. The number of ether oxygens (including phenoxy) is 18. The second-order valence-corrected chi connectivity index (χ2v) is 22.4. The van der Waals surface area contributed by atoms with Crippen LogP contribution in [0.4, 0.5) is 0 Å². The standard InChI is InChI=1S/C54H96O36/c55-7-1-13-73-43-31(67)37-25(19-61)79-49(43)85-38-26(20-62)80-51(44(32(38)68)74-14-2-8-56)87-40-28(22-64)82-53(46(34(40)70)76-16-4-10-58)89-42-30(24-66)84-54(48(36(42)72)78-18-6-12-60)90-41-29(23-65)83-52(47(35(41)71)77-17-5-11-59)88-39-27(21-63)81-50(86-37)45(33(39)69)75-15-3-9-57/h25-72H,1-24H2/t25-,26-,27-,28-,29-,30-,31+,32+,33+,34+,35+,36+,37-,38-,39-,40-,41-,42-,43-,44-,45-,46-,47-,48-,49-,50-,51-,52-,53-,54-/m1/s1. The molecule has 0 aromatic heterocycles. The summed E-state index contributed by atoms with van der Waals surface area (Å²) in [6.07, 6.45) is -53.1. The van der Waals surface area contributed by atoms with Crippen molar-refractivity contribution in [3.63, 3.8) is 0 Å². The third-order valence-corrected chi connectivity index (χ3v) is 16.2. The number of aliphatic hydroxyl groups excluding tert-OH is 18. The monoisotopic (exact) mass is 1320 g/mol. The second-order valence-electron chi connectivity index (χ2n) is 22.4. The molecule has 16 saturated heterocycles. The van der Waals surface area contributed by atoms with Crippen molar-refractivity contribution in [2.75, 3.05) is 119 Å². The number of aliphatic hydroxyl groups is 18. The lowest BCUT2D eigenvalue weighted by Gasteiger charge is -2.52. The molecule has 0 aliphatic carbocycles. The fourth-order valence-electron chi connectivity index (χ4n) is 11.6. The highest BCUT2D eigenvalue weighted by atomic mass is 16.8. The summed E-state index contributed by atoms with van der Waals surface area (Å²) in [6, 6.07) is 0. The maximum Gasteiger partial charge on any atom is 0.187 e. The van der Waals surface area contributed by atoms with Gasteiger partial charge in [-0.25, -0.2) is 0 Å². The van der Waals surface area contributed by atoms with Crippen LogP contribution in [0.1, 0.15) is 38.5 Å². The molecule has 0 saturated carbocycles. The Bertz CT molecular complexity index is 1610. The minimum Gasteiger partial charge on any atom is -0.396 e. The third kappa shape index (κ3) is 18.6. The van der Waals surface area contributed by atoms with Gasteiger partial charge in [-0.15, -0.1) is 0 Å². The van der Waals surface area contributed by atoms with Crippen LogP contribution in [0.5, 0.6) is 0 Å². The van der Waals surface area contributed by atoms with Gasteiger partial charge in [0.15, 0.2) is 37.7 Å². The van der Waals surface area contributed by atoms with E-state index in [1.807, 2.05) is 0 Å². The zero-order chi connectivity index (χ0) is 65.0. The molecule has 30 atom stereocenters. The van der Waals surface area contributed by atoms with Gasteiger partial charge in [-0.3, -0.25) is 0 Å². The predicted octanol–water partition coefficient (Wildman–Crippen LogP) is -10.6. The summed E-state index contributed by atoms with van der Waals surface area (Å²) in [4.78, 5) is 0. The van der Waals surface area contributed by atoms with Crippen LogP contribution in [0.15, 0.2) is 0 Å². The molecule has 36 heteroatoms. The van der Waals surface area contributed by atoms with Crippen molar-refractivity contribution in [2.24, 2.45) is 0 Å². The van der Waals surface area contributed by atoms with Crippen LogP contribution in [0.2, 0.25) is 0 Å². The van der Waals surface area contributed by atoms with Gasteiger partial charge in [0.1, 0.15) is 146 Å². The Balaban J connectivity index is 1.34. The fourth-order valence-corrected chi connectivity index (χ4v) is 11.6. The molecule has 90 heavy (non-hydrogen) atoms. The van der Waals surface area contributed by atoms with Crippen LogP contribution < -0.4 is 0 Å². The molecule has 528 valence electrons. The van der Waals surface area contributed by atoms with E-state index < -0.39 is 264 Å². The maximum atomic E-state index is 12.3. The van der Waals surface area contributed by atoms with Gasteiger partial charge in [-0.2, -0.15) is 0 Å². The van der Waals surface area contributed by atoms with Gasteiger partial charge in [-0.1, -0.05) is 0 Å². The normalized spacial score (nSPS) is 43.8. The van der Waals surface area contributed by atoms with Crippen molar-refractivity contribution in [1.82, 2.24) is 0 Å². The summed E-state index contributed by atoms with van der Waals surface area (Å²) in [7, 11) is 0. The lowest BCUT2D eigenvalue weighted by atomic mass is 9.94. The van der Waals surface area contributed by atoms with Crippen LogP contribution in [0.3, 0.4) is 0 Å². The Kier molecular flexibility index (Phi) is 32.5. The Morgan fingerprint density at radius 1 is 0.200 bits per heavy atom. The second kappa shape index (κ2) is 38.5. The molecule has 16 heterocycles. The van der Waals surface area contributed by atoms with Gasteiger partial charge >= 0.3 is 0 Å². The number of hydrogen-bond donors (Lipinski definition) is 18. The highest BCUT2D eigenvalue weighted by molar-refractivity contribution is 5.02. The summed E-state index contributed by atoms with van der Waals surface area (Å²) in [5.41, 5.74) is 0. The minimum atomic E-state index is -1.94. The highest BCUT2D eigenvalue weighted by Gasteiger charge is 2.60. The molecule has 18 N–H and O–H groups in total. The Hall–Kier alpha value is -1.44. The Morgan fingerprint density at radius 2 is 0.333 bits per heavy atom. The highest BCUT2D eigenvalue weighted by Crippen LogP contribution is 2.40. The van der Waals surface area contributed by atoms with Crippen LogP contribution in [-0.2, 0) is 85.3 Å². The van der Waals surface area contributed by atoms with E-state index in [4.69, 9.17) is 85.3 Å². The van der Waals surface area contributed by atoms with E-state index in [0.717, 1.165) is 0 Å². The molecular formula is C54H96O36. The van der Waals surface area contributed by atoms with Crippen molar-refractivity contribution in [2.45, 2.75) is 223 Å². The van der Waals surface area contributed by atoms with E-state index in [0.29, 0.717) is 0 Å². The molecule has 36 nitrogen and oxygen atoms in total. The first kappa shape index (κ1) is 75.9. The minimum absolute atomic E-state index is 0.0207. The molecule has 16 aliphatic rings. The van der Waals surface area contributed by atoms with E-state index >= 15 is 0 Å². The zero-order valence-electron chi connectivity index (χ0n) is 49.7. The van der Waals surface area contributed by atoms with Crippen LogP contribution in [-0.4, -0.2) is 395 Å². The largest absolute Gasteiger partial charge is 0.396 e. The molecule has 0 radical (unpaired) electrons. The molecule has 0 amide bonds. The van der Waals surface area contributed by atoms with E-state index in [2.05, 4.69) is 0 Å². The molecule has 0 aromatic carbocycles. The molecular weight excluding hydrogens is 1220 g/mol. The van der Waals surface area contributed by atoms with Crippen molar-refractivity contribution in [1.29, 1.82) is 0 Å². The van der Waals surface area contributed by atoms with Crippen LogP contribution in [0.25, 0.3) is 0 Å². The smallest absolute Gasteiger partial charge is 0.187 e. The summed E-state index contributed by atoms with van der Waals surface area (Å²) in [6.45, 7) is -9.90. The first-order valence-corrected chi connectivity index (χ1v) is 30.6. The van der Waals surface area contributed by atoms with Crippen molar-refractivity contribution in [3.05, 3.63) is 0 Å². The lowest BCUT2D eigenvalue weighted by molar-refractivity contribution is -0.409. The molecule has 0 unspecified atom stereocenters. The quantitative estimate of drug-likeness (QED) is 0.0297. The Morgan fingerprint density at radius 3 is 0.444 bits per heavy atom. The molecule has 16 fully saturated rings. The molecule has 16 aliphatic heterocycles. The topological polar surface area (TPSA) is 530 Å². The van der Waals surface area contributed by atoms with Gasteiger partial charge in [0.25, 0.3) is 0 Å². The molecule has 16 rings (SSSR count). The predicted molar refractivity (Wildman–Crippen MR) is 288 cm³/mol. The van der Waals surface area contributed by atoms with Gasteiger partial charge < -0.3 is 177 Å². The molecule has 12 bridgehead atoms. The van der Waals surface area contributed by atoms with Crippen molar-refractivity contribution < 1.29 is 177 Å².